The van der Waals surface area contributed by atoms with Crippen LogP contribution in [-0.4, -0.2) is 27.4 Å². The fourth-order valence-electron chi connectivity index (χ4n) is 2.21. The van der Waals surface area contributed by atoms with Gasteiger partial charge in [-0.2, -0.15) is 5.10 Å². The van der Waals surface area contributed by atoms with E-state index in [0.29, 0.717) is 6.54 Å². The molecule has 0 amide bonds. The lowest BCUT2D eigenvalue weighted by Crippen LogP contribution is -2.30. The van der Waals surface area contributed by atoms with Gasteiger partial charge in [0.05, 0.1) is 6.54 Å². The number of aryl methyl sites for hydroxylation is 1. The zero-order valence-corrected chi connectivity index (χ0v) is 11.4. The molecule has 1 aliphatic rings. The third-order valence-corrected chi connectivity index (χ3v) is 3.30. The van der Waals surface area contributed by atoms with Crippen LogP contribution in [0, 0.1) is 0 Å². The van der Waals surface area contributed by atoms with Crippen molar-refractivity contribution < 1.29 is 4.74 Å². The Balaban J connectivity index is 1.51. The predicted molar refractivity (Wildman–Crippen MR) is 72.3 cm³/mol. The molecule has 1 N–H and O–H groups in total. The average molecular weight is 279 g/mol. The average Bonchev–Trinajstić information content (AvgIpc) is 2.95. The van der Waals surface area contributed by atoms with Crippen LogP contribution in [0.25, 0.3) is 0 Å². The molecule has 2 heterocycles. The van der Waals surface area contributed by atoms with Crippen molar-refractivity contribution in [3.8, 4) is 5.75 Å². The highest BCUT2D eigenvalue weighted by Gasteiger charge is 2.22. The van der Waals surface area contributed by atoms with Gasteiger partial charge in [0.2, 0.25) is 0 Å². The Labute approximate surface area is 116 Å². The minimum absolute atomic E-state index is 0.150. The summed E-state index contributed by atoms with van der Waals surface area (Å²) in [4.78, 5) is 4.16. The lowest BCUT2D eigenvalue weighted by molar-refractivity contribution is 0.227. The zero-order chi connectivity index (χ0) is 13.2. The standard InChI is InChI=1S/C13H15ClN4O/c1-18-8-16-13(17-18)7-15-6-11-5-9-4-10(14)2-3-12(9)19-11/h2-4,8,11,15H,5-7H2,1H3. The molecule has 1 aromatic heterocycles. The molecular formula is C13H15ClN4O. The monoisotopic (exact) mass is 278 g/mol. The number of hydrogen-bond acceptors (Lipinski definition) is 4. The molecule has 0 bridgehead atoms. The molecule has 0 fully saturated rings. The van der Waals surface area contributed by atoms with Crippen molar-refractivity contribution in [2.45, 2.75) is 19.1 Å². The van der Waals surface area contributed by atoms with Gasteiger partial charge in [-0.25, -0.2) is 4.98 Å². The molecule has 2 aromatic rings. The smallest absolute Gasteiger partial charge is 0.164 e. The van der Waals surface area contributed by atoms with E-state index in [0.717, 1.165) is 29.6 Å². The van der Waals surface area contributed by atoms with Gasteiger partial charge in [-0.1, -0.05) is 11.6 Å². The summed E-state index contributed by atoms with van der Waals surface area (Å²) in [5, 5.41) is 8.28. The van der Waals surface area contributed by atoms with Crippen molar-refractivity contribution >= 4 is 11.6 Å². The van der Waals surface area contributed by atoms with Crippen molar-refractivity contribution in [3.05, 3.63) is 40.9 Å². The van der Waals surface area contributed by atoms with Crippen LogP contribution < -0.4 is 10.1 Å². The maximum Gasteiger partial charge on any atom is 0.164 e. The molecular weight excluding hydrogens is 264 g/mol. The number of nitrogens with zero attached hydrogens (tertiary/aromatic N) is 3. The van der Waals surface area contributed by atoms with E-state index in [1.54, 1.807) is 11.0 Å². The van der Waals surface area contributed by atoms with E-state index in [-0.39, 0.29) is 6.10 Å². The highest BCUT2D eigenvalue weighted by Crippen LogP contribution is 2.30. The van der Waals surface area contributed by atoms with Gasteiger partial charge in [-0.3, -0.25) is 4.68 Å². The summed E-state index contributed by atoms with van der Waals surface area (Å²) in [6.07, 6.45) is 2.73. The molecule has 1 aromatic carbocycles. The topological polar surface area (TPSA) is 52.0 Å². The largest absolute Gasteiger partial charge is 0.488 e. The minimum Gasteiger partial charge on any atom is -0.488 e. The fraction of sp³-hybridized carbons (Fsp3) is 0.385. The van der Waals surface area contributed by atoms with Gasteiger partial charge in [-0.05, 0) is 23.8 Å². The number of benzene rings is 1. The number of hydrogen-bond donors (Lipinski definition) is 1. The molecule has 0 spiro atoms. The van der Waals surface area contributed by atoms with Crippen LogP contribution in [0.15, 0.2) is 24.5 Å². The second kappa shape index (κ2) is 5.19. The molecule has 19 heavy (non-hydrogen) atoms. The maximum absolute atomic E-state index is 5.97. The normalized spacial score (nSPS) is 17.3. The summed E-state index contributed by atoms with van der Waals surface area (Å²) in [6, 6.07) is 5.75. The first-order valence-corrected chi connectivity index (χ1v) is 6.59. The SMILES string of the molecule is Cn1cnc(CNCC2Cc3cc(Cl)ccc3O2)n1. The van der Waals surface area contributed by atoms with Gasteiger partial charge in [-0.15, -0.1) is 0 Å². The predicted octanol–water partition coefficient (Wildman–Crippen LogP) is 1.56. The Bertz CT molecular complexity index is 584. The first-order chi connectivity index (χ1) is 9.20. The van der Waals surface area contributed by atoms with Crippen LogP contribution in [0.1, 0.15) is 11.4 Å². The van der Waals surface area contributed by atoms with E-state index in [1.807, 2.05) is 25.2 Å². The van der Waals surface area contributed by atoms with Crippen molar-refractivity contribution in [2.75, 3.05) is 6.54 Å². The Kier molecular flexibility index (Phi) is 3.40. The maximum atomic E-state index is 5.97. The van der Waals surface area contributed by atoms with Gasteiger partial charge in [0.1, 0.15) is 18.2 Å². The van der Waals surface area contributed by atoms with Crippen LogP contribution >= 0.6 is 11.6 Å². The molecule has 5 nitrogen and oxygen atoms in total. The molecule has 1 unspecified atom stereocenters. The van der Waals surface area contributed by atoms with Crippen LogP contribution in [0.5, 0.6) is 5.75 Å². The summed E-state index contributed by atoms with van der Waals surface area (Å²) < 4.78 is 7.53. The number of rotatable bonds is 4. The van der Waals surface area contributed by atoms with E-state index in [9.17, 15) is 0 Å². The summed E-state index contributed by atoms with van der Waals surface area (Å²) in [5.41, 5.74) is 1.18. The van der Waals surface area contributed by atoms with Crippen molar-refractivity contribution in [1.82, 2.24) is 20.1 Å². The fourth-order valence-corrected chi connectivity index (χ4v) is 2.41. The van der Waals surface area contributed by atoms with E-state index in [1.165, 1.54) is 5.56 Å². The molecule has 0 saturated heterocycles. The summed E-state index contributed by atoms with van der Waals surface area (Å²) in [5.74, 6) is 1.73. The second-order valence-electron chi connectivity index (χ2n) is 4.66. The van der Waals surface area contributed by atoms with E-state index >= 15 is 0 Å². The number of ether oxygens (including phenoxy) is 1. The highest BCUT2D eigenvalue weighted by molar-refractivity contribution is 6.30. The quantitative estimate of drug-likeness (QED) is 0.922. The van der Waals surface area contributed by atoms with Crippen molar-refractivity contribution in [2.24, 2.45) is 7.05 Å². The first kappa shape index (κ1) is 12.4. The lowest BCUT2D eigenvalue weighted by Gasteiger charge is -2.10. The summed E-state index contributed by atoms with van der Waals surface area (Å²) >= 11 is 5.97. The molecule has 1 aliphatic heterocycles. The third kappa shape index (κ3) is 2.88. The molecule has 100 valence electrons. The lowest BCUT2D eigenvalue weighted by atomic mass is 10.1. The van der Waals surface area contributed by atoms with E-state index in [4.69, 9.17) is 16.3 Å². The first-order valence-electron chi connectivity index (χ1n) is 6.21. The van der Waals surface area contributed by atoms with Gasteiger partial charge < -0.3 is 10.1 Å². The van der Waals surface area contributed by atoms with Crippen LogP contribution in [0.4, 0.5) is 0 Å². The third-order valence-electron chi connectivity index (χ3n) is 3.07. The van der Waals surface area contributed by atoms with Crippen LogP contribution in [-0.2, 0) is 20.0 Å². The van der Waals surface area contributed by atoms with Gasteiger partial charge in [0.15, 0.2) is 5.82 Å². The van der Waals surface area contributed by atoms with Crippen LogP contribution in [0.2, 0.25) is 5.02 Å². The van der Waals surface area contributed by atoms with Gasteiger partial charge in [0, 0.05) is 25.0 Å². The van der Waals surface area contributed by atoms with Crippen LogP contribution in [0.3, 0.4) is 0 Å². The summed E-state index contributed by atoms with van der Waals surface area (Å²) in [6.45, 7) is 1.42. The minimum atomic E-state index is 0.150. The Hall–Kier alpha value is -1.59. The molecule has 0 radical (unpaired) electrons. The molecule has 1 atom stereocenters. The van der Waals surface area contributed by atoms with Gasteiger partial charge in [0.25, 0.3) is 0 Å². The van der Waals surface area contributed by atoms with Crippen molar-refractivity contribution in [1.29, 1.82) is 0 Å². The van der Waals surface area contributed by atoms with Crippen molar-refractivity contribution in [3.63, 3.8) is 0 Å². The number of fused-ring (bicyclic) bond motifs is 1. The number of nitrogens with one attached hydrogen (secondary N) is 1. The second-order valence-corrected chi connectivity index (χ2v) is 5.10. The zero-order valence-electron chi connectivity index (χ0n) is 10.6. The molecule has 0 saturated carbocycles. The molecule has 6 heteroatoms. The highest BCUT2D eigenvalue weighted by atomic mass is 35.5. The van der Waals surface area contributed by atoms with E-state index < -0.39 is 0 Å². The Morgan fingerprint density at radius 1 is 1.53 bits per heavy atom. The molecule has 0 aliphatic carbocycles. The van der Waals surface area contributed by atoms with E-state index in [2.05, 4.69) is 15.4 Å². The summed E-state index contributed by atoms with van der Waals surface area (Å²) in [7, 11) is 1.86. The Morgan fingerprint density at radius 3 is 3.21 bits per heavy atom. The van der Waals surface area contributed by atoms with Gasteiger partial charge >= 0.3 is 0 Å². The number of aromatic nitrogens is 3. The Morgan fingerprint density at radius 2 is 2.42 bits per heavy atom. The number of halogens is 1. The molecule has 3 rings (SSSR count).